The molecule has 4 aromatic carbocycles. The van der Waals surface area contributed by atoms with E-state index in [9.17, 15) is 13.2 Å². The predicted octanol–water partition coefficient (Wildman–Crippen LogP) is 6.36. The van der Waals surface area contributed by atoms with E-state index in [-0.39, 0.29) is 10.8 Å². The first-order valence-electron chi connectivity index (χ1n) is 12.0. The number of para-hydroxylation sites is 2. The van der Waals surface area contributed by atoms with Crippen molar-refractivity contribution in [2.45, 2.75) is 17.7 Å². The average Bonchev–Trinajstić information content (AvgIpc) is 3.37. The van der Waals surface area contributed by atoms with Crippen LogP contribution >= 0.6 is 11.3 Å². The molecule has 184 valence electrons. The molecule has 1 aromatic heterocycles. The van der Waals surface area contributed by atoms with E-state index >= 15 is 0 Å². The van der Waals surface area contributed by atoms with Crippen LogP contribution in [0.25, 0.3) is 20.8 Å². The minimum absolute atomic E-state index is 0.168. The summed E-state index contributed by atoms with van der Waals surface area (Å²) in [7, 11) is -3.72. The molecular weight excluding hydrogens is 502 g/mol. The first kappa shape index (κ1) is 23.4. The molecule has 1 N–H and O–H groups in total. The number of carbonyl (C=O) groups is 1. The topological polar surface area (TPSA) is 79.4 Å². The third-order valence-electron chi connectivity index (χ3n) is 6.46. The van der Waals surface area contributed by atoms with Crippen molar-refractivity contribution in [1.82, 2.24) is 4.98 Å². The summed E-state index contributed by atoms with van der Waals surface area (Å²) in [4.78, 5) is 17.7. The van der Waals surface area contributed by atoms with Crippen molar-refractivity contribution < 1.29 is 13.2 Å². The van der Waals surface area contributed by atoms with Gasteiger partial charge in [-0.2, -0.15) is 0 Å². The van der Waals surface area contributed by atoms with Crippen molar-refractivity contribution in [2.75, 3.05) is 16.2 Å². The van der Waals surface area contributed by atoms with E-state index in [0.717, 1.165) is 44.9 Å². The number of thiazole rings is 1. The summed E-state index contributed by atoms with van der Waals surface area (Å²) in [5, 5.41) is 3.81. The molecule has 0 unspecified atom stereocenters. The second-order valence-electron chi connectivity index (χ2n) is 8.85. The minimum Gasteiger partial charge on any atom is -0.322 e. The normalized spacial score (nSPS) is 13.4. The second-order valence-corrected chi connectivity index (χ2v) is 11.7. The third-order valence-corrected chi connectivity index (χ3v) is 9.37. The predicted molar refractivity (Wildman–Crippen MR) is 149 cm³/mol. The van der Waals surface area contributed by atoms with Crippen molar-refractivity contribution in [1.29, 1.82) is 0 Å². The molecule has 6 nitrogen and oxygen atoms in total. The molecule has 2 heterocycles. The Hall–Kier alpha value is -4.01. The first-order valence-corrected chi connectivity index (χ1v) is 14.2. The van der Waals surface area contributed by atoms with Gasteiger partial charge < -0.3 is 5.32 Å². The van der Waals surface area contributed by atoms with Crippen molar-refractivity contribution in [3.63, 3.8) is 0 Å². The number of hydrogen-bond donors (Lipinski definition) is 1. The van der Waals surface area contributed by atoms with E-state index in [1.807, 2.05) is 72.8 Å². The summed E-state index contributed by atoms with van der Waals surface area (Å²) in [6, 6.07) is 29.2. The molecule has 1 aliphatic rings. The van der Waals surface area contributed by atoms with Gasteiger partial charge in [0.25, 0.3) is 15.9 Å². The molecule has 0 bridgehead atoms. The molecule has 0 spiro atoms. The largest absolute Gasteiger partial charge is 0.322 e. The Morgan fingerprint density at radius 1 is 0.865 bits per heavy atom. The zero-order valence-corrected chi connectivity index (χ0v) is 21.4. The summed E-state index contributed by atoms with van der Waals surface area (Å²) in [5.74, 6) is -0.306. The smallest absolute Gasteiger partial charge is 0.264 e. The maximum absolute atomic E-state index is 13.3. The van der Waals surface area contributed by atoms with Gasteiger partial charge in [-0.25, -0.2) is 13.4 Å². The van der Waals surface area contributed by atoms with E-state index in [1.54, 1.807) is 23.5 Å². The zero-order valence-electron chi connectivity index (χ0n) is 19.8. The molecule has 6 rings (SSSR count). The quantitative estimate of drug-likeness (QED) is 0.290. The Morgan fingerprint density at radius 3 is 2.38 bits per heavy atom. The van der Waals surface area contributed by atoms with Crippen LogP contribution in [-0.2, 0) is 16.4 Å². The number of fused-ring (bicyclic) bond motifs is 2. The summed E-state index contributed by atoms with van der Waals surface area (Å²) < 4.78 is 29.3. The minimum atomic E-state index is -3.72. The van der Waals surface area contributed by atoms with Gasteiger partial charge >= 0.3 is 0 Å². The number of benzene rings is 4. The molecule has 8 heteroatoms. The van der Waals surface area contributed by atoms with Crippen molar-refractivity contribution in [2.24, 2.45) is 0 Å². The first-order chi connectivity index (χ1) is 18.0. The van der Waals surface area contributed by atoms with Crippen molar-refractivity contribution >= 4 is 48.9 Å². The number of carbonyl (C=O) groups excluding carboxylic acids is 1. The highest BCUT2D eigenvalue weighted by atomic mass is 32.2. The number of nitrogens with one attached hydrogen (secondary N) is 1. The number of amides is 1. The molecule has 1 aliphatic heterocycles. The van der Waals surface area contributed by atoms with E-state index < -0.39 is 10.0 Å². The van der Waals surface area contributed by atoms with Gasteiger partial charge in [-0.15, -0.1) is 11.3 Å². The SMILES string of the molecule is O=C(Nc1ccc(-c2nc3ccccc3s2)cc1)c1ccc(S(=O)(=O)N2CCCc3ccccc32)cc1. The molecule has 0 radical (unpaired) electrons. The van der Waals surface area contributed by atoms with Gasteiger partial charge in [0.05, 0.1) is 20.8 Å². The lowest BCUT2D eigenvalue weighted by atomic mass is 10.0. The molecule has 1 amide bonds. The van der Waals surface area contributed by atoms with Gasteiger partial charge in [-0.3, -0.25) is 9.10 Å². The van der Waals surface area contributed by atoms with Crippen LogP contribution in [0.2, 0.25) is 0 Å². The summed E-state index contributed by atoms with van der Waals surface area (Å²) in [6.07, 6.45) is 1.64. The number of hydrogen-bond acceptors (Lipinski definition) is 5. The highest BCUT2D eigenvalue weighted by Gasteiger charge is 2.29. The Kier molecular flexibility index (Phi) is 5.98. The standard InChI is InChI=1S/C29H23N3O3S2/c33-28(30-23-15-11-22(12-16-23)29-31-25-8-2-4-10-27(25)36-29)21-13-17-24(18-14-21)37(34,35)32-19-5-7-20-6-1-3-9-26(20)32/h1-4,6,8-18H,5,7,19H2,(H,30,33). The van der Waals surface area contributed by atoms with Crippen LogP contribution in [0.3, 0.4) is 0 Å². The summed E-state index contributed by atoms with van der Waals surface area (Å²) in [5.41, 5.74) is 4.74. The van der Waals surface area contributed by atoms with Crippen molar-refractivity contribution in [3.05, 3.63) is 108 Å². The monoisotopic (exact) mass is 525 g/mol. The van der Waals surface area contributed by atoms with Crippen LogP contribution in [0, 0.1) is 0 Å². The Morgan fingerprint density at radius 2 is 1.59 bits per heavy atom. The van der Waals surface area contributed by atoms with Crippen LogP contribution < -0.4 is 9.62 Å². The van der Waals surface area contributed by atoms with Gasteiger partial charge in [0.1, 0.15) is 5.01 Å². The number of aryl methyl sites for hydroxylation is 1. The molecule has 0 atom stereocenters. The number of sulfonamides is 1. The highest BCUT2D eigenvalue weighted by molar-refractivity contribution is 7.92. The van der Waals surface area contributed by atoms with Crippen LogP contribution in [0.5, 0.6) is 0 Å². The van der Waals surface area contributed by atoms with E-state index in [1.165, 1.54) is 16.4 Å². The van der Waals surface area contributed by atoms with E-state index in [4.69, 9.17) is 0 Å². The number of nitrogens with zero attached hydrogens (tertiary/aromatic N) is 2. The second kappa shape index (κ2) is 9.46. The molecule has 5 aromatic rings. The van der Waals surface area contributed by atoms with Crippen LogP contribution in [0.1, 0.15) is 22.3 Å². The van der Waals surface area contributed by atoms with Gasteiger partial charge in [-0.05, 0) is 85.1 Å². The van der Waals surface area contributed by atoms with Crippen LogP contribution in [0.15, 0.2) is 102 Å². The molecule has 0 saturated carbocycles. The van der Waals surface area contributed by atoms with E-state index in [2.05, 4.69) is 10.3 Å². The lowest BCUT2D eigenvalue weighted by Gasteiger charge is -2.30. The van der Waals surface area contributed by atoms with Crippen LogP contribution in [-0.4, -0.2) is 25.9 Å². The van der Waals surface area contributed by atoms with E-state index in [0.29, 0.717) is 17.8 Å². The lowest BCUT2D eigenvalue weighted by Crippen LogP contribution is -2.35. The summed E-state index contributed by atoms with van der Waals surface area (Å²) >= 11 is 1.63. The Balaban J connectivity index is 1.17. The fraction of sp³-hybridized carbons (Fsp3) is 0.103. The maximum Gasteiger partial charge on any atom is 0.264 e. The summed E-state index contributed by atoms with van der Waals surface area (Å²) in [6.45, 7) is 0.439. The number of rotatable bonds is 5. The number of aromatic nitrogens is 1. The fourth-order valence-electron chi connectivity index (χ4n) is 4.55. The van der Waals surface area contributed by atoms with Gasteiger partial charge in [-0.1, -0.05) is 30.3 Å². The fourth-order valence-corrected chi connectivity index (χ4v) is 7.06. The van der Waals surface area contributed by atoms with Gasteiger partial charge in [0, 0.05) is 23.4 Å². The lowest BCUT2D eigenvalue weighted by molar-refractivity contribution is 0.102. The third kappa shape index (κ3) is 4.50. The van der Waals surface area contributed by atoms with Gasteiger partial charge in [0.15, 0.2) is 0 Å². The molecule has 0 saturated heterocycles. The molecule has 37 heavy (non-hydrogen) atoms. The molecule has 0 fully saturated rings. The molecule has 0 aliphatic carbocycles. The number of anilines is 2. The average molecular weight is 526 g/mol. The Labute approximate surface area is 219 Å². The van der Waals surface area contributed by atoms with Crippen LogP contribution in [0.4, 0.5) is 11.4 Å². The molecular formula is C29H23N3O3S2. The van der Waals surface area contributed by atoms with Gasteiger partial charge in [0.2, 0.25) is 0 Å². The highest BCUT2D eigenvalue weighted by Crippen LogP contribution is 2.32. The Bertz CT molecular complexity index is 1680. The van der Waals surface area contributed by atoms with Crippen molar-refractivity contribution in [3.8, 4) is 10.6 Å². The zero-order chi connectivity index (χ0) is 25.4. The maximum atomic E-state index is 13.3.